The van der Waals surface area contributed by atoms with Crippen LogP contribution in [0.2, 0.25) is 0 Å². The van der Waals surface area contributed by atoms with E-state index in [2.05, 4.69) is 15.5 Å². The highest BCUT2D eigenvalue weighted by atomic mass is 19.1. The monoisotopic (exact) mass is 358 g/mol. The number of benzene rings is 1. The summed E-state index contributed by atoms with van der Waals surface area (Å²) in [6, 6.07) is 7.45. The van der Waals surface area contributed by atoms with Crippen molar-refractivity contribution in [1.82, 2.24) is 19.6 Å². The van der Waals surface area contributed by atoms with Crippen LogP contribution in [0, 0.1) is 22.9 Å². The Morgan fingerprint density at radius 1 is 1.38 bits per heavy atom. The third kappa shape index (κ3) is 4.09. The van der Waals surface area contributed by atoms with Gasteiger partial charge in [0.25, 0.3) is 0 Å². The zero-order valence-electron chi connectivity index (χ0n) is 13.8. The Kier molecular flexibility index (Phi) is 4.74. The summed E-state index contributed by atoms with van der Waals surface area (Å²) in [5, 5.41) is 21.2. The van der Waals surface area contributed by atoms with Crippen molar-refractivity contribution < 1.29 is 14.1 Å². The van der Waals surface area contributed by atoms with Crippen LogP contribution in [0.4, 0.5) is 15.9 Å². The fourth-order valence-electron chi connectivity index (χ4n) is 2.42. The van der Waals surface area contributed by atoms with Crippen LogP contribution < -0.4 is 5.32 Å². The van der Waals surface area contributed by atoms with Gasteiger partial charge in [0.15, 0.2) is 0 Å². The van der Waals surface area contributed by atoms with Crippen LogP contribution in [0.15, 0.2) is 42.7 Å². The Bertz CT molecular complexity index is 965. The number of halogens is 1. The minimum Gasteiger partial charge on any atom is -0.358 e. The van der Waals surface area contributed by atoms with Crippen molar-refractivity contribution in [3.63, 3.8) is 0 Å². The number of nitrogens with one attached hydrogen (secondary N) is 1. The summed E-state index contributed by atoms with van der Waals surface area (Å²) in [6.45, 7) is 1.83. The fraction of sp³-hybridized carbons (Fsp3) is 0.188. The van der Waals surface area contributed by atoms with Crippen molar-refractivity contribution >= 4 is 17.4 Å². The minimum atomic E-state index is -0.613. The number of rotatable bonds is 6. The molecule has 3 rings (SSSR count). The third-order valence-corrected chi connectivity index (χ3v) is 3.60. The lowest BCUT2D eigenvalue weighted by molar-refractivity contribution is -0.389. The van der Waals surface area contributed by atoms with E-state index >= 15 is 0 Å². The average molecular weight is 358 g/mol. The molecule has 0 spiro atoms. The van der Waals surface area contributed by atoms with Gasteiger partial charge in [0, 0.05) is 6.20 Å². The van der Waals surface area contributed by atoms with E-state index in [-0.39, 0.29) is 18.2 Å². The van der Waals surface area contributed by atoms with Gasteiger partial charge < -0.3 is 15.4 Å². The standard InChI is InChI=1S/C16H15FN6O3/c1-11-5-15(23(25)26)20-22(11)10-16(24)19-14-7-18-21(9-14)8-12-3-2-4-13(17)6-12/h2-7,9H,8,10H2,1H3,(H,19,24). The number of carbonyl (C=O) groups excluding carboxylic acids is 1. The summed E-state index contributed by atoms with van der Waals surface area (Å²) in [5.41, 5.74) is 1.71. The van der Waals surface area contributed by atoms with Crippen molar-refractivity contribution in [2.24, 2.45) is 0 Å². The molecule has 0 aliphatic rings. The first-order chi connectivity index (χ1) is 12.4. The van der Waals surface area contributed by atoms with Crippen molar-refractivity contribution in [1.29, 1.82) is 0 Å². The number of nitrogens with zero attached hydrogens (tertiary/aromatic N) is 5. The summed E-state index contributed by atoms with van der Waals surface area (Å²) in [6.07, 6.45) is 3.08. The molecule has 1 amide bonds. The highest BCUT2D eigenvalue weighted by molar-refractivity contribution is 5.90. The van der Waals surface area contributed by atoms with Gasteiger partial charge >= 0.3 is 5.82 Å². The van der Waals surface area contributed by atoms with Crippen molar-refractivity contribution in [3.8, 4) is 0 Å². The number of hydrogen-bond donors (Lipinski definition) is 1. The molecule has 2 aromatic heterocycles. The lowest BCUT2D eigenvalue weighted by Gasteiger charge is -2.03. The second-order valence-corrected chi connectivity index (χ2v) is 5.66. The van der Waals surface area contributed by atoms with Gasteiger partial charge in [-0.05, 0) is 29.5 Å². The van der Waals surface area contributed by atoms with Crippen molar-refractivity contribution in [2.45, 2.75) is 20.0 Å². The minimum absolute atomic E-state index is 0.158. The maximum atomic E-state index is 13.2. The molecule has 0 fully saturated rings. The molecule has 0 saturated carbocycles. The molecule has 9 nitrogen and oxygen atoms in total. The van der Waals surface area contributed by atoms with E-state index in [1.165, 1.54) is 29.1 Å². The van der Waals surface area contributed by atoms with Gasteiger partial charge in [0.1, 0.15) is 12.4 Å². The molecular formula is C16H15FN6O3. The second kappa shape index (κ2) is 7.13. The number of amides is 1. The molecule has 134 valence electrons. The molecule has 0 aliphatic carbocycles. The zero-order chi connectivity index (χ0) is 18.7. The first-order valence-corrected chi connectivity index (χ1v) is 7.66. The Morgan fingerprint density at radius 2 is 2.19 bits per heavy atom. The van der Waals surface area contributed by atoms with Crippen LogP contribution in [0.5, 0.6) is 0 Å². The van der Waals surface area contributed by atoms with Crippen molar-refractivity contribution in [2.75, 3.05) is 5.32 Å². The van der Waals surface area contributed by atoms with Gasteiger partial charge in [-0.25, -0.2) is 4.39 Å². The third-order valence-electron chi connectivity index (χ3n) is 3.60. The van der Waals surface area contributed by atoms with Crippen LogP contribution in [0.3, 0.4) is 0 Å². The first-order valence-electron chi connectivity index (χ1n) is 7.66. The lowest BCUT2D eigenvalue weighted by atomic mass is 10.2. The SMILES string of the molecule is Cc1cc([N+](=O)[O-])nn1CC(=O)Nc1cnn(Cc2cccc(F)c2)c1. The summed E-state index contributed by atoms with van der Waals surface area (Å²) in [7, 11) is 0. The van der Waals surface area contributed by atoms with Crippen LogP contribution in [0.25, 0.3) is 0 Å². The van der Waals surface area contributed by atoms with Gasteiger partial charge in [-0.15, -0.1) is 0 Å². The molecule has 0 aliphatic heterocycles. The molecule has 10 heteroatoms. The van der Waals surface area contributed by atoms with Crippen LogP contribution >= 0.6 is 0 Å². The van der Waals surface area contributed by atoms with Gasteiger partial charge in [-0.2, -0.15) is 9.78 Å². The highest BCUT2D eigenvalue weighted by Crippen LogP contribution is 2.12. The molecule has 1 aromatic carbocycles. The summed E-state index contributed by atoms with van der Waals surface area (Å²) in [5.74, 6) is -1.03. The fourth-order valence-corrected chi connectivity index (χ4v) is 2.42. The largest absolute Gasteiger partial charge is 0.390 e. The van der Waals surface area contributed by atoms with E-state index in [1.54, 1.807) is 29.9 Å². The van der Waals surface area contributed by atoms with E-state index < -0.39 is 10.8 Å². The number of carbonyl (C=O) groups is 1. The molecule has 26 heavy (non-hydrogen) atoms. The predicted molar refractivity (Wildman–Crippen MR) is 90.0 cm³/mol. The first kappa shape index (κ1) is 17.3. The maximum Gasteiger partial charge on any atom is 0.390 e. The zero-order valence-corrected chi connectivity index (χ0v) is 13.8. The van der Waals surface area contributed by atoms with Gasteiger partial charge in [0.05, 0.1) is 35.3 Å². The normalized spacial score (nSPS) is 10.7. The van der Waals surface area contributed by atoms with E-state index in [0.29, 0.717) is 17.9 Å². The topological polar surface area (TPSA) is 108 Å². The number of anilines is 1. The summed E-state index contributed by atoms with van der Waals surface area (Å²) < 4.78 is 16.0. The second-order valence-electron chi connectivity index (χ2n) is 5.66. The van der Waals surface area contributed by atoms with Crippen LogP contribution in [-0.2, 0) is 17.9 Å². The molecule has 0 bridgehead atoms. The molecule has 1 N–H and O–H groups in total. The molecule has 0 atom stereocenters. The molecule has 0 saturated heterocycles. The summed E-state index contributed by atoms with van der Waals surface area (Å²) >= 11 is 0. The number of aryl methyl sites for hydroxylation is 1. The quantitative estimate of drug-likeness (QED) is 0.536. The Balaban J connectivity index is 1.62. The number of nitro groups is 1. The molecule has 2 heterocycles. The Labute approximate surface area is 147 Å². The number of hydrogen-bond acceptors (Lipinski definition) is 5. The smallest absolute Gasteiger partial charge is 0.358 e. The molecular weight excluding hydrogens is 343 g/mol. The van der Waals surface area contributed by atoms with E-state index in [0.717, 1.165) is 5.56 Å². The lowest BCUT2D eigenvalue weighted by Crippen LogP contribution is -2.20. The average Bonchev–Trinajstić information content (AvgIpc) is 3.14. The highest BCUT2D eigenvalue weighted by Gasteiger charge is 2.17. The van der Waals surface area contributed by atoms with E-state index in [1.807, 2.05) is 0 Å². The van der Waals surface area contributed by atoms with Gasteiger partial charge in [-0.1, -0.05) is 12.1 Å². The predicted octanol–water partition coefficient (Wildman–Crippen LogP) is 2.12. The Hall–Kier alpha value is -3.56. The number of aromatic nitrogens is 4. The maximum absolute atomic E-state index is 13.2. The van der Waals surface area contributed by atoms with Crippen molar-refractivity contribution in [3.05, 3.63) is 69.9 Å². The summed E-state index contributed by atoms with van der Waals surface area (Å²) in [4.78, 5) is 22.2. The van der Waals surface area contributed by atoms with Gasteiger partial charge in [0.2, 0.25) is 5.91 Å². The molecule has 0 unspecified atom stereocenters. The van der Waals surface area contributed by atoms with Crippen LogP contribution in [-0.4, -0.2) is 30.4 Å². The Morgan fingerprint density at radius 3 is 2.88 bits per heavy atom. The molecule has 3 aromatic rings. The van der Waals surface area contributed by atoms with Crippen LogP contribution in [0.1, 0.15) is 11.3 Å². The van der Waals surface area contributed by atoms with E-state index in [4.69, 9.17) is 0 Å². The molecule has 0 radical (unpaired) electrons. The van der Waals surface area contributed by atoms with E-state index in [9.17, 15) is 19.3 Å². The van der Waals surface area contributed by atoms with Gasteiger partial charge in [-0.3, -0.25) is 9.48 Å².